The van der Waals surface area contributed by atoms with Crippen LogP contribution >= 0.6 is 0 Å². The second-order valence-electron chi connectivity index (χ2n) is 2.23. The Bertz CT molecular complexity index is 171. The van der Waals surface area contributed by atoms with E-state index < -0.39 is 12.1 Å². The second kappa shape index (κ2) is 5.36. The van der Waals surface area contributed by atoms with Crippen molar-refractivity contribution < 1.29 is 9.59 Å². The van der Waals surface area contributed by atoms with Gasteiger partial charge in [0.2, 0.25) is 5.91 Å². The van der Waals surface area contributed by atoms with E-state index in [-0.39, 0.29) is 5.91 Å². The molecule has 0 aliphatic rings. The van der Waals surface area contributed by atoms with E-state index in [1.54, 1.807) is 13.8 Å². The zero-order chi connectivity index (χ0) is 9.56. The topological polar surface area (TPSA) is 96.2 Å². The van der Waals surface area contributed by atoms with Gasteiger partial charge in [0.05, 0.1) is 0 Å². The maximum absolute atomic E-state index is 11.0. The second-order valence-corrected chi connectivity index (χ2v) is 2.23. The lowest BCUT2D eigenvalue weighted by molar-refractivity contribution is -0.122. The summed E-state index contributed by atoms with van der Waals surface area (Å²) in [6, 6.07) is -1.15. The van der Waals surface area contributed by atoms with Crippen molar-refractivity contribution in [2.24, 2.45) is 5.84 Å². The molecule has 1 atom stereocenters. The molecule has 6 nitrogen and oxygen atoms in total. The first-order valence-corrected chi connectivity index (χ1v) is 3.66. The van der Waals surface area contributed by atoms with Crippen LogP contribution < -0.4 is 21.9 Å². The maximum Gasteiger partial charge on any atom is 0.329 e. The van der Waals surface area contributed by atoms with Crippen LogP contribution in [0.25, 0.3) is 0 Å². The molecule has 3 amide bonds. The highest BCUT2D eigenvalue weighted by Gasteiger charge is 2.12. The van der Waals surface area contributed by atoms with Gasteiger partial charge in [-0.3, -0.25) is 10.2 Å². The smallest absolute Gasteiger partial charge is 0.329 e. The number of hydrogen-bond acceptors (Lipinski definition) is 3. The van der Waals surface area contributed by atoms with Crippen LogP contribution in [0.1, 0.15) is 13.8 Å². The Balaban J connectivity index is 3.78. The molecule has 0 heterocycles. The molecule has 0 aromatic heterocycles. The maximum atomic E-state index is 11.0. The van der Waals surface area contributed by atoms with Gasteiger partial charge in [-0.05, 0) is 13.8 Å². The molecule has 0 saturated heterocycles. The molecule has 0 aliphatic heterocycles. The fourth-order valence-electron chi connectivity index (χ4n) is 0.631. The molecule has 12 heavy (non-hydrogen) atoms. The Morgan fingerprint density at radius 3 is 2.50 bits per heavy atom. The predicted molar refractivity (Wildman–Crippen MR) is 44.0 cm³/mol. The Morgan fingerprint density at radius 2 is 2.08 bits per heavy atom. The van der Waals surface area contributed by atoms with Gasteiger partial charge in [0.1, 0.15) is 6.04 Å². The van der Waals surface area contributed by atoms with E-state index in [1.165, 1.54) is 0 Å². The largest absolute Gasteiger partial charge is 0.355 e. The van der Waals surface area contributed by atoms with Crippen molar-refractivity contribution >= 4 is 11.9 Å². The molecular weight excluding hydrogens is 160 g/mol. The molecule has 0 spiro atoms. The SMILES string of the molecule is CCNC(=O)C(C)NC(=O)NN. The lowest BCUT2D eigenvalue weighted by Gasteiger charge is -2.12. The Kier molecular flexibility index (Phi) is 4.78. The van der Waals surface area contributed by atoms with Gasteiger partial charge in [0.15, 0.2) is 0 Å². The minimum atomic E-state index is -0.575. The lowest BCUT2D eigenvalue weighted by atomic mass is 10.3. The lowest BCUT2D eigenvalue weighted by Crippen LogP contribution is -2.50. The molecule has 0 radical (unpaired) electrons. The first-order valence-electron chi connectivity index (χ1n) is 3.66. The van der Waals surface area contributed by atoms with Crippen LogP contribution in [0.3, 0.4) is 0 Å². The molecule has 0 aliphatic carbocycles. The average molecular weight is 174 g/mol. The number of likely N-dealkylation sites (N-methyl/N-ethyl adjacent to an activating group) is 1. The van der Waals surface area contributed by atoms with Crippen LogP contribution in [0.15, 0.2) is 0 Å². The number of rotatable bonds is 3. The standard InChI is InChI=1S/C6H14N4O2/c1-3-8-5(11)4(2)9-6(12)10-7/h4H,3,7H2,1-2H3,(H,8,11)(H2,9,10,12). The summed E-state index contributed by atoms with van der Waals surface area (Å²) in [5.41, 5.74) is 1.86. The zero-order valence-electron chi connectivity index (χ0n) is 7.18. The van der Waals surface area contributed by atoms with Crippen LogP contribution in [0, 0.1) is 0 Å². The van der Waals surface area contributed by atoms with Crippen molar-refractivity contribution in [1.29, 1.82) is 0 Å². The molecule has 5 N–H and O–H groups in total. The number of hydrazine groups is 1. The molecule has 0 saturated carbocycles. The monoisotopic (exact) mass is 174 g/mol. The van der Waals surface area contributed by atoms with E-state index >= 15 is 0 Å². The van der Waals surface area contributed by atoms with E-state index in [2.05, 4.69) is 10.6 Å². The molecule has 0 fully saturated rings. The van der Waals surface area contributed by atoms with Gasteiger partial charge in [0.25, 0.3) is 0 Å². The van der Waals surface area contributed by atoms with Crippen LogP contribution in [-0.2, 0) is 4.79 Å². The summed E-state index contributed by atoms with van der Waals surface area (Å²) >= 11 is 0. The third-order valence-electron chi connectivity index (χ3n) is 1.22. The van der Waals surface area contributed by atoms with Crippen LogP contribution in [0.2, 0.25) is 0 Å². The molecule has 0 aromatic rings. The number of nitrogens with one attached hydrogen (secondary N) is 3. The van der Waals surface area contributed by atoms with Crippen molar-refractivity contribution in [2.75, 3.05) is 6.54 Å². The van der Waals surface area contributed by atoms with Crippen LogP contribution in [-0.4, -0.2) is 24.5 Å². The summed E-state index contributed by atoms with van der Waals surface area (Å²) < 4.78 is 0. The number of carbonyl (C=O) groups excluding carboxylic acids is 2. The van der Waals surface area contributed by atoms with Gasteiger partial charge in [0, 0.05) is 6.54 Å². The quantitative estimate of drug-likeness (QED) is 0.243. The van der Waals surface area contributed by atoms with Crippen molar-refractivity contribution in [3.8, 4) is 0 Å². The van der Waals surface area contributed by atoms with E-state index in [0.29, 0.717) is 6.54 Å². The highest BCUT2D eigenvalue weighted by molar-refractivity contribution is 5.86. The molecule has 6 heteroatoms. The third-order valence-corrected chi connectivity index (χ3v) is 1.22. The van der Waals surface area contributed by atoms with Gasteiger partial charge in [-0.15, -0.1) is 0 Å². The zero-order valence-corrected chi connectivity index (χ0v) is 7.18. The van der Waals surface area contributed by atoms with E-state index in [4.69, 9.17) is 5.84 Å². The molecule has 0 rings (SSSR count). The predicted octanol–water partition coefficient (Wildman–Crippen LogP) is -1.32. The van der Waals surface area contributed by atoms with Crippen molar-refractivity contribution in [2.45, 2.75) is 19.9 Å². The van der Waals surface area contributed by atoms with E-state index in [0.717, 1.165) is 0 Å². The number of hydrogen-bond donors (Lipinski definition) is 4. The van der Waals surface area contributed by atoms with Gasteiger partial charge in [-0.1, -0.05) is 0 Å². The van der Waals surface area contributed by atoms with Crippen LogP contribution in [0.5, 0.6) is 0 Å². The average Bonchev–Trinajstić information content (AvgIpc) is 2.04. The highest BCUT2D eigenvalue weighted by atomic mass is 16.2. The van der Waals surface area contributed by atoms with E-state index in [1.807, 2.05) is 5.43 Å². The number of carbonyl (C=O) groups is 2. The summed E-state index contributed by atoms with van der Waals surface area (Å²) in [6.07, 6.45) is 0. The van der Waals surface area contributed by atoms with Crippen molar-refractivity contribution in [3.63, 3.8) is 0 Å². The van der Waals surface area contributed by atoms with Crippen molar-refractivity contribution in [1.82, 2.24) is 16.1 Å². The Labute approximate surface area is 70.8 Å². The summed E-state index contributed by atoms with van der Waals surface area (Å²) in [7, 11) is 0. The van der Waals surface area contributed by atoms with Gasteiger partial charge in [-0.25, -0.2) is 10.6 Å². The fraction of sp³-hybridized carbons (Fsp3) is 0.667. The first-order chi connectivity index (χ1) is 5.61. The minimum Gasteiger partial charge on any atom is -0.355 e. The van der Waals surface area contributed by atoms with Crippen molar-refractivity contribution in [3.05, 3.63) is 0 Å². The summed E-state index contributed by atoms with van der Waals surface area (Å²) in [5.74, 6) is 4.57. The number of urea groups is 1. The van der Waals surface area contributed by atoms with Crippen LogP contribution in [0.4, 0.5) is 4.79 Å². The molecule has 0 bridgehead atoms. The summed E-state index contributed by atoms with van der Waals surface area (Å²) in [4.78, 5) is 21.6. The summed E-state index contributed by atoms with van der Waals surface area (Å²) in [6.45, 7) is 3.91. The summed E-state index contributed by atoms with van der Waals surface area (Å²) in [5, 5.41) is 4.88. The number of amides is 3. The number of nitrogens with two attached hydrogens (primary N) is 1. The normalized spacial score (nSPS) is 11.6. The molecule has 70 valence electrons. The first kappa shape index (κ1) is 10.7. The van der Waals surface area contributed by atoms with E-state index in [9.17, 15) is 9.59 Å². The molecule has 0 aromatic carbocycles. The Morgan fingerprint density at radius 1 is 1.50 bits per heavy atom. The molecule has 1 unspecified atom stereocenters. The highest BCUT2D eigenvalue weighted by Crippen LogP contribution is 1.80. The fourth-order valence-corrected chi connectivity index (χ4v) is 0.631. The van der Waals surface area contributed by atoms with Gasteiger partial charge >= 0.3 is 6.03 Å². The van der Waals surface area contributed by atoms with Gasteiger partial charge in [-0.2, -0.15) is 0 Å². The third kappa shape index (κ3) is 3.77. The molecular formula is C6H14N4O2. The minimum absolute atomic E-state index is 0.235. The van der Waals surface area contributed by atoms with Gasteiger partial charge < -0.3 is 10.6 Å². The Hall–Kier alpha value is -1.30.